The van der Waals surface area contributed by atoms with Gasteiger partial charge in [0.1, 0.15) is 12.2 Å². The predicted molar refractivity (Wildman–Crippen MR) is 42.9 cm³/mol. The zero-order chi connectivity index (χ0) is 9.84. The third-order valence-electron chi connectivity index (χ3n) is 1.56. The van der Waals surface area contributed by atoms with Gasteiger partial charge in [-0.25, -0.2) is 5.10 Å². The van der Waals surface area contributed by atoms with Gasteiger partial charge < -0.3 is 15.3 Å². The summed E-state index contributed by atoms with van der Waals surface area (Å²) in [6, 6.07) is 2.46. The van der Waals surface area contributed by atoms with Gasteiger partial charge in [-0.05, 0) is 6.07 Å². The molecule has 6 heteroatoms. The first-order chi connectivity index (χ1) is 6.15. The van der Waals surface area contributed by atoms with Crippen molar-refractivity contribution in [3.63, 3.8) is 0 Å². The van der Waals surface area contributed by atoms with Crippen LogP contribution in [0, 0.1) is 0 Å². The van der Waals surface area contributed by atoms with Gasteiger partial charge in [0.2, 0.25) is 0 Å². The Hall–Kier alpha value is -1.24. The van der Waals surface area contributed by atoms with E-state index in [0.29, 0.717) is 0 Å². The fraction of sp³-hybridized carbons (Fsp3) is 0.429. The van der Waals surface area contributed by atoms with Crippen LogP contribution in [-0.4, -0.2) is 38.2 Å². The van der Waals surface area contributed by atoms with Crippen molar-refractivity contribution in [3.8, 4) is 0 Å². The van der Waals surface area contributed by atoms with E-state index in [-0.39, 0.29) is 5.69 Å². The number of hydrogen-bond donors (Lipinski definition) is 4. The summed E-state index contributed by atoms with van der Waals surface area (Å²) in [5.41, 5.74) is -0.282. The smallest absolute Gasteiger partial charge is 0.264 e. The Kier molecular flexibility index (Phi) is 3.13. The van der Waals surface area contributed by atoms with Crippen molar-refractivity contribution in [1.29, 1.82) is 0 Å². The zero-order valence-corrected chi connectivity index (χ0v) is 6.71. The Morgan fingerprint density at radius 1 is 1.46 bits per heavy atom. The summed E-state index contributed by atoms with van der Waals surface area (Å²) in [6.45, 7) is -0.567. The number of nitrogens with one attached hydrogen (secondary N) is 1. The van der Waals surface area contributed by atoms with Gasteiger partial charge >= 0.3 is 0 Å². The van der Waals surface area contributed by atoms with E-state index in [1.165, 1.54) is 12.1 Å². The highest BCUT2D eigenvalue weighted by atomic mass is 16.4. The number of aromatic amines is 1. The third kappa shape index (κ3) is 2.35. The van der Waals surface area contributed by atoms with Gasteiger partial charge in [-0.1, -0.05) is 0 Å². The van der Waals surface area contributed by atoms with E-state index in [1.54, 1.807) is 0 Å². The van der Waals surface area contributed by atoms with E-state index in [0.717, 1.165) is 0 Å². The van der Waals surface area contributed by atoms with Gasteiger partial charge in [0.15, 0.2) is 0 Å². The average Bonchev–Trinajstić information content (AvgIpc) is 2.17. The van der Waals surface area contributed by atoms with Crippen LogP contribution in [-0.2, 0) is 0 Å². The summed E-state index contributed by atoms with van der Waals surface area (Å²) in [7, 11) is 0. The first-order valence-electron chi connectivity index (χ1n) is 3.67. The van der Waals surface area contributed by atoms with Crippen molar-refractivity contribution >= 4 is 0 Å². The molecule has 1 heterocycles. The number of nitrogens with zero attached hydrogens (tertiary/aromatic N) is 1. The Bertz CT molecular complexity index is 304. The Balaban J connectivity index is 2.83. The fourth-order valence-electron chi connectivity index (χ4n) is 0.817. The normalized spacial score (nSPS) is 15.3. The molecule has 1 aromatic rings. The highest BCUT2D eigenvalue weighted by molar-refractivity contribution is 5.04. The molecule has 0 aliphatic heterocycles. The van der Waals surface area contributed by atoms with Crippen LogP contribution in [0.4, 0.5) is 0 Å². The largest absolute Gasteiger partial charge is 0.394 e. The predicted octanol–water partition coefficient (Wildman–Crippen LogP) is -1.84. The Morgan fingerprint density at radius 2 is 2.15 bits per heavy atom. The van der Waals surface area contributed by atoms with E-state index in [1.807, 2.05) is 0 Å². The Morgan fingerprint density at radius 3 is 2.62 bits per heavy atom. The summed E-state index contributed by atoms with van der Waals surface area (Å²) in [6.07, 6.45) is -2.58. The van der Waals surface area contributed by atoms with Crippen LogP contribution in [0.3, 0.4) is 0 Å². The number of H-pyrrole nitrogens is 1. The molecule has 0 aliphatic rings. The van der Waals surface area contributed by atoms with E-state index in [9.17, 15) is 9.90 Å². The van der Waals surface area contributed by atoms with E-state index in [4.69, 9.17) is 10.2 Å². The molecule has 0 saturated heterocycles. The molecule has 72 valence electrons. The van der Waals surface area contributed by atoms with Crippen LogP contribution < -0.4 is 5.56 Å². The summed E-state index contributed by atoms with van der Waals surface area (Å²) in [5, 5.41) is 32.4. The maximum absolute atomic E-state index is 10.6. The van der Waals surface area contributed by atoms with Crippen molar-refractivity contribution in [2.45, 2.75) is 12.2 Å². The van der Waals surface area contributed by atoms with Crippen molar-refractivity contribution in [3.05, 3.63) is 28.2 Å². The SMILES string of the molecule is O=c1ccc(C(O)C(O)CO)n[nH]1. The summed E-state index contributed by atoms with van der Waals surface area (Å²) >= 11 is 0. The molecule has 0 fully saturated rings. The van der Waals surface area contributed by atoms with E-state index in [2.05, 4.69) is 10.2 Å². The number of aliphatic hydroxyl groups is 3. The van der Waals surface area contributed by atoms with Crippen LogP contribution in [0.25, 0.3) is 0 Å². The Labute approximate surface area is 73.5 Å². The van der Waals surface area contributed by atoms with Crippen LogP contribution in [0.1, 0.15) is 11.8 Å². The molecule has 0 saturated carbocycles. The lowest BCUT2D eigenvalue weighted by molar-refractivity contribution is -0.0177. The van der Waals surface area contributed by atoms with E-state index < -0.39 is 24.4 Å². The fourth-order valence-corrected chi connectivity index (χ4v) is 0.817. The molecular weight excluding hydrogens is 176 g/mol. The van der Waals surface area contributed by atoms with Gasteiger partial charge in [-0.15, -0.1) is 0 Å². The molecule has 2 atom stereocenters. The van der Waals surface area contributed by atoms with Crippen LogP contribution in [0.2, 0.25) is 0 Å². The highest BCUT2D eigenvalue weighted by Crippen LogP contribution is 2.11. The number of hydrogen-bond acceptors (Lipinski definition) is 5. The van der Waals surface area contributed by atoms with E-state index >= 15 is 0 Å². The minimum absolute atomic E-state index is 0.112. The number of aromatic nitrogens is 2. The molecule has 4 N–H and O–H groups in total. The quantitative estimate of drug-likeness (QED) is 0.443. The molecule has 2 unspecified atom stereocenters. The second-order valence-corrected chi connectivity index (χ2v) is 2.54. The second kappa shape index (κ2) is 4.13. The minimum atomic E-state index is -1.29. The molecule has 0 bridgehead atoms. The summed E-state index contributed by atoms with van der Waals surface area (Å²) in [5.74, 6) is 0. The third-order valence-corrected chi connectivity index (χ3v) is 1.56. The monoisotopic (exact) mass is 186 g/mol. The molecule has 13 heavy (non-hydrogen) atoms. The first-order valence-corrected chi connectivity index (χ1v) is 3.67. The molecule has 0 radical (unpaired) electrons. The average molecular weight is 186 g/mol. The molecule has 0 spiro atoms. The molecule has 0 aromatic carbocycles. The lowest BCUT2D eigenvalue weighted by Gasteiger charge is -2.13. The first kappa shape index (κ1) is 9.85. The van der Waals surface area contributed by atoms with Crippen molar-refractivity contribution in [2.24, 2.45) is 0 Å². The van der Waals surface area contributed by atoms with Crippen LogP contribution >= 0.6 is 0 Å². The van der Waals surface area contributed by atoms with Crippen molar-refractivity contribution in [1.82, 2.24) is 10.2 Å². The maximum atomic E-state index is 10.6. The molecule has 6 nitrogen and oxygen atoms in total. The molecule has 1 aromatic heterocycles. The number of rotatable bonds is 3. The standard InChI is InChI=1S/C7H10N2O4/c10-3-5(11)7(13)4-1-2-6(12)9-8-4/h1-2,5,7,10-11,13H,3H2,(H,9,12). The van der Waals surface area contributed by atoms with Gasteiger partial charge in [-0.2, -0.15) is 5.10 Å². The van der Waals surface area contributed by atoms with Gasteiger partial charge in [-0.3, -0.25) is 4.79 Å². The van der Waals surface area contributed by atoms with Gasteiger partial charge in [0, 0.05) is 6.07 Å². The summed E-state index contributed by atoms with van der Waals surface area (Å²) in [4.78, 5) is 10.6. The van der Waals surface area contributed by atoms with Crippen molar-refractivity contribution in [2.75, 3.05) is 6.61 Å². The maximum Gasteiger partial charge on any atom is 0.264 e. The second-order valence-electron chi connectivity index (χ2n) is 2.54. The summed E-state index contributed by atoms with van der Waals surface area (Å²) < 4.78 is 0. The zero-order valence-electron chi connectivity index (χ0n) is 6.71. The lowest BCUT2D eigenvalue weighted by atomic mass is 10.1. The molecule has 0 aliphatic carbocycles. The van der Waals surface area contributed by atoms with Gasteiger partial charge in [0.05, 0.1) is 12.3 Å². The van der Waals surface area contributed by atoms with Crippen LogP contribution in [0.5, 0.6) is 0 Å². The minimum Gasteiger partial charge on any atom is -0.394 e. The lowest BCUT2D eigenvalue weighted by Crippen LogP contribution is -2.24. The molecule has 0 amide bonds. The van der Waals surface area contributed by atoms with Crippen molar-refractivity contribution < 1.29 is 15.3 Å². The molecule has 1 rings (SSSR count). The molecular formula is C7H10N2O4. The highest BCUT2D eigenvalue weighted by Gasteiger charge is 2.18. The van der Waals surface area contributed by atoms with Gasteiger partial charge in [0.25, 0.3) is 5.56 Å². The van der Waals surface area contributed by atoms with Crippen LogP contribution in [0.15, 0.2) is 16.9 Å². The number of aliphatic hydroxyl groups excluding tert-OH is 3. The topological polar surface area (TPSA) is 106 Å².